The summed E-state index contributed by atoms with van der Waals surface area (Å²) in [7, 11) is 0. The number of aromatic nitrogens is 3. The predicted molar refractivity (Wildman–Crippen MR) is 100 cm³/mol. The van der Waals surface area contributed by atoms with E-state index in [2.05, 4.69) is 26.8 Å². The molecule has 1 amide bonds. The largest absolute Gasteiger partial charge is 0.369 e. The van der Waals surface area contributed by atoms with Gasteiger partial charge in [0.15, 0.2) is 0 Å². The number of nitrogens with zero attached hydrogens (tertiary/aromatic N) is 4. The molecule has 0 aromatic carbocycles. The van der Waals surface area contributed by atoms with Crippen molar-refractivity contribution in [3.8, 4) is 0 Å². The summed E-state index contributed by atoms with van der Waals surface area (Å²) in [5.41, 5.74) is 3.19. The van der Waals surface area contributed by atoms with Crippen molar-refractivity contribution < 1.29 is 4.79 Å². The van der Waals surface area contributed by atoms with Crippen molar-refractivity contribution in [1.29, 1.82) is 0 Å². The fraction of sp³-hybridized carbons (Fsp3) is 0.474. The Hall–Kier alpha value is -2.70. The summed E-state index contributed by atoms with van der Waals surface area (Å²) < 4.78 is 0. The maximum absolute atomic E-state index is 12.7. The van der Waals surface area contributed by atoms with Gasteiger partial charge in [-0.1, -0.05) is 0 Å². The summed E-state index contributed by atoms with van der Waals surface area (Å²) in [5, 5.41) is 0. The number of carbonyl (C=O) groups is 1. The highest BCUT2D eigenvalue weighted by molar-refractivity contribution is 5.79. The predicted octanol–water partition coefficient (Wildman–Crippen LogP) is 1.37. The molecule has 0 spiro atoms. The molecular weight excluding hydrogens is 330 g/mol. The highest BCUT2D eigenvalue weighted by Gasteiger charge is 2.22. The average molecular weight is 355 g/mol. The number of carbonyl (C=O) groups excluding carboxylic acids is 1. The van der Waals surface area contributed by atoms with E-state index in [-0.39, 0.29) is 17.9 Å². The minimum Gasteiger partial charge on any atom is -0.369 e. The molecule has 0 atom stereocenters. The lowest BCUT2D eigenvalue weighted by Gasteiger charge is -2.25. The quantitative estimate of drug-likeness (QED) is 0.899. The van der Waals surface area contributed by atoms with Gasteiger partial charge in [0, 0.05) is 55.5 Å². The number of anilines is 1. The second-order valence-electron chi connectivity index (χ2n) is 6.78. The summed E-state index contributed by atoms with van der Waals surface area (Å²) in [5.74, 6) is 0.555. The first kappa shape index (κ1) is 18.1. The molecule has 2 aromatic rings. The van der Waals surface area contributed by atoms with Crippen LogP contribution in [0.3, 0.4) is 0 Å². The Morgan fingerprint density at radius 3 is 2.73 bits per heavy atom. The molecule has 3 rings (SSSR count). The Kier molecular flexibility index (Phi) is 5.35. The van der Waals surface area contributed by atoms with Crippen molar-refractivity contribution in [2.75, 3.05) is 31.1 Å². The first-order chi connectivity index (χ1) is 12.5. The molecule has 0 bridgehead atoms. The van der Waals surface area contributed by atoms with Crippen LogP contribution in [0.4, 0.5) is 5.69 Å². The van der Waals surface area contributed by atoms with Gasteiger partial charge in [0.05, 0.1) is 6.42 Å². The lowest BCUT2D eigenvalue weighted by molar-refractivity contribution is -0.130. The maximum Gasteiger partial charge on any atom is 0.254 e. The first-order valence-electron chi connectivity index (χ1n) is 8.95. The van der Waals surface area contributed by atoms with Crippen LogP contribution < -0.4 is 10.5 Å². The van der Waals surface area contributed by atoms with Gasteiger partial charge in [-0.25, -0.2) is 4.98 Å². The summed E-state index contributed by atoms with van der Waals surface area (Å²) >= 11 is 0. The molecule has 7 heteroatoms. The van der Waals surface area contributed by atoms with Gasteiger partial charge in [0.2, 0.25) is 5.91 Å². The molecule has 0 unspecified atom stereocenters. The van der Waals surface area contributed by atoms with Gasteiger partial charge < -0.3 is 14.8 Å². The molecular formula is C19H25N5O2. The number of nitrogens with one attached hydrogen (secondary N) is 1. The molecule has 138 valence electrons. The van der Waals surface area contributed by atoms with Gasteiger partial charge in [-0.2, -0.15) is 0 Å². The Bertz CT molecular complexity index is 861. The number of pyridine rings is 1. The maximum atomic E-state index is 12.7. The zero-order valence-corrected chi connectivity index (χ0v) is 15.6. The normalized spacial score (nSPS) is 15.0. The van der Waals surface area contributed by atoms with E-state index < -0.39 is 0 Å². The standard InChI is InChI=1S/C19H25N5O2/c1-13-12-20-6-5-17(13)23-7-4-8-24(10-9-23)18(25)11-16-14(2)21-15(3)22-19(16)26/h5-6,12H,4,7-11H2,1-3H3,(H,21,22,26). The summed E-state index contributed by atoms with van der Waals surface area (Å²) in [6.45, 7) is 8.60. The lowest BCUT2D eigenvalue weighted by atomic mass is 10.1. The average Bonchev–Trinajstić information content (AvgIpc) is 2.84. The minimum absolute atomic E-state index is 0.0162. The van der Waals surface area contributed by atoms with Crippen molar-refractivity contribution in [2.45, 2.75) is 33.6 Å². The fourth-order valence-electron chi connectivity index (χ4n) is 3.45. The minimum atomic E-state index is -0.216. The van der Waals surface area contributed by atoms with E-state index in [9.17, 15) is 9.59 Å². The van der Waals surface area contributed by atoms with Crippen LogP contribution in [0.25, 0.3) is 0 Å². The molecule has 0 aliphatic carbocycles. The third-order valence-corrected chi connectivity index (χ3v) is 4.85. The van der Waals surface area contributed by atoms with E-state index in [0.717, 1.165) is 25.1 Å². The van der Waals surface area contributed by atoms with Gasteiger partial charge in [-0.3, -0.25) is 14.6 Å². The summed E-state index contributed by atoms with van der Waals surface area (Å²) in [4.78, 5) is 40.1. The summed E-state index contributed by atoms with van der Waals surface area (Å²) in [6, 6.07) is 2.02. The van der Waals surface area contributed by atoms with Crippen molar-refractivity contribution in [1.82, 2.24) is 19.9 Å². The number of hydrogen-bond donors (Lipinski definition) is 1. The van der Waals surface area contributed by atoms with Gasteiger partial charge >= 0.3 is 0 Å². The van der Waals surface area contributed by atoms with Crippen molar-refractivity contribution in [3.05, 3.63) is 51.5 Å². The molecule has 3 heterocycles. The van der Waals surface area contributed by atoms with Gasteiger partial charge in [0.25, 0.3) is 5.56 Å². The molecule has 26 heavy (non-hydrogen) atoms. The number of hydrogen-bond acceptors (Lipinski definition) is 5. The Labute approximate surface area is 153 Å². The van der Waals surface area contributed by atoms with Crippen LogP contribution in [0.1, 0.15) is 29.1 Å². The van der Waals surface area contributed by atoms with Gasteiger partial charge in [0.1, 0.15) is 5.82 Å². The highest BCUT2D eigenvalue weighted by atomic mass is 16.2. The van der Waals surface area contributed by atoms with Crippen LogP contribution in [0.15, 0.2) is 23.3 Å². The molecule has 2 aromatic heterocycles. The Morgan fingerprint density at radius 2 is 2.00 bits per heavy atom. The third kappa shape index (κ3) is 3.92. The molecule has 0 radical (unpaired) electrons. The van der Waals surface area contributed by atoms with Gasteiger partial charge in [-0.15, -0.1) is 0 Å². The molecule has 1 fully saturated rings. The molecule has 1 aliphatic heterocycles. The van der Waals surface area contributed by atoms with Crippen LogP contribution in [-0.4, -0.2) is 51.9 Å². The smallest absolute Gasteiger partial charge is 0.254 e. The second-order valence-corrected chi connectivity index (χ2v) is 6.78. The number of rotatable bonds is 3. The van der Waals surface area contributed by atoms with Crippen LogP contribution in [0, 0.1) is 20.8 Å². The molecule has 1 saturated heterocycles. The monoisotopic (exact) mass is 355 g/mol. The number of aryl methyl sites for hydroxylation is 3. The molecule has 1 N–H and O–H groups in total. The van der Waals surface area contributed by atoms with E-state index in [0.29, 0.717) is 30.2 Å². The highest BCUT2D eigenvalue weighted by Crippen LogP contribution is 2.20. The van der Waals surface area contributed by atoms with Crippen LogP contribution in [0.5, 0.6) is 0 Å². The zero-order chi connectivity index (χ0) is 18.7. The zero-order valence-electron chi connectivity index (χ0n) is 15.6. The summed E-state index contributed by atoms with van der Waals surface area (Å²) in [6.07, 6.45) is 4.66. The van der Waals surface area contributed by atoms with E-state index in [1.807, 2.05) is 17.2 Å². The van der Waals surface area contributed by atoms with Crippen LogP contribution in [-0.2, 0) is 11.2 Å². The topological polar surface area (TPSA) is 82.2 Å². The third-order valence-electron chi connectivity index (χ3n) is 4.85. The van der Waals surface area contributed by atoms with Crippen molar-refractivity contribution in [3.63, 3.8) is 0 Å². The Morgan fingerprint density at radius 1 is 1.19 bits per heavy atom. The molecule has 7 nitrogen and oxygen atoms in total. The molecule has 1 aliphatic rings. The number of H-pyrrole nitrogens is 1. The SMILES string of the molecule is Cc1nc(C)c(CC(=O)N2CCCN(c3ccncc3C)CC2)c(=O)[nH]1. The fourth-order valence-corrected chi connectivity index (χ4v) is 3.45. The molecule has 0 saturated carbocycles. The van der Waals surface area contributed by atoms with E-state index in [1.165, 1.54) is 5.69 Å². The first-order valence-corrected chi connectivity index (χ1v) is 8.95. The second kappa shape index (κ2) is 7.68. The number of amides is 1. The van der Waals surface area contributed by atoms with E-state index in [1.54, 1.807) is 20.0 Å². The van der Waals surface area contributed by atoms with E-state index in [4.69, 9.17) is 0 Å². The van der Waals surface area contributed by atoms with Crippen LogP contribution in [0.2, 0.25) is 0 Å². The van der Waals surface area contributed by atoms with Gasteiger partial charge in [-0.05, 0) is 38.8 Å². The number of aromatic amines is 1. The van der Waals surface area contributed by atoms with Crippen LogP contribution >= 0.6 is 0 Å². The Balaban J connectivity index is 1.69. The van der Waals surface area contributed by atoms with Crippen molar-refractivity contribution >= 4 is 11.6 Å². The van der Waals surface area contributed by atoms with E-state index >= 15 is 0 Å². The van der Waals surface area contributed by atoms with Crippen molar-refractivity contribution in [2.24, 2.45) is 0 Å². The lowest BCUT2D eigenvalue weighted by Crippen LogP contribution is -2.37.